The summed E-state index contributed by atoms with van der Waals surface area (Å²) in [5, 5.41) is 0. The molecule has 12 heavy (non-hydrogen) atoms. The van der Waals surface area contributed by atoms with Gasteiger partial charge in [0.2, 0.25) is 0 Å². The van der Waals surface area contributed by atoms with Crippen molar-refractivity contribution in [1.82, 2.24) is 0 Å². The van der Waals surface area contributed by atoms with Crippen molar-refractivity contribution in [2.45, 2.75) is 51.3 Å². The lowest BCUT2D eigenvalue weighted by molar-refractivity contribution is 0.621. The first kappa shape index (κ1) is 12.6. The van der Waals surface area contributed by atoms with Crippen molar-refractivity contribution < 1.29 is 0 Å². The minimum atomic E-state index is -0.370. The highest BCUT2D eigenvalue weighted by Gasteiger charge is 2.60. The number of halogens is 2. The van der Waals surface area contributed by atoms with E-state index in [0.717, 1.165) is 6.42 Å². The molecule has 0 aliphatic heterocycles. The molecule has 2 heteroatoms. The Morgan fingerprint density at radius 3 is 1.83 bits per heavy atom. The van der Waals surface area contributed by atoms with Crippen molar-refractivity contribution in [2.75, 3.05) is 0 Å². The van der Waals surface area contributed by atoms with Gasteiger partial charge in [0, 0.05) is 0 Å². The number of alkyl halides is 2. The maximum absolute atomic E-state index is 6.02. The predicted octanol–water partition coefficient (Wildman–Crippen LogP) is 4.64. The van der Waals surface area contributed by atoms with Crippen LogP contribution in [-0.2, 0) is 0 Å². The predicted molar refractivity (Wildman–Crippen MR) is 58.0 cm³/mol. The third-order valence-corrected chi connectivity index (χ3v) is 3.53. The lowest BCUT2D eigenvalue weighted by atomic mass is 10.2. The van der Waals surface area contributed by atoms with Crippen molar-refractivity contribution in [3.63, 3.8) is 0 Å². The van der Waals surface area contributed by atoms with Crippen LogP contribution in [-0.4, -0.2) is 4.33 Å². The third-order valence-electron chi connectivity index (χ3n) is 2.40. The molecule has 0 spiro atoms. The Kier molecular flexibility index (Phi) is 5.60. The standard InChI is InChI=1S/C8H14Cl2.C2H6/c1-3-5-7-6(4-2)8(7,9)10;1-2/h6-7H,3-5H2,1-2H3;1-2H3. The number of hydrogen-bond acceptors (Lipinski definition) is 0. The maximum atomic E-state index is 6.02. The Morgan fingerprint density at radius 1 is 1.08 bits per heavy atom. The van der Waals surface area contributed by atoms with E-state index in [1.165, 1.54) is 12.8 Å². The van der Waals surface area contributed by atoms with Crippen LogP contribution in [0.2, 0.25) is 0 Å². The normalized spacial score (nSPS) is 30.5. The van der Waals surface area contributed by atoms with Crippen LogP contribution >= 0.6 is 23.2 Å². The van der Waals surface area contributed by atoms with E-state index in [9.17, 15) is 0 Å². The number of hydrogen-bond donors (Lipinski definition) is 0. The second kappa shape index (κ2) is 5.34. The van der Waals surface area contributed by atoms with Crippen LogP contribution in [0.15, 0.2) is 0 Å². The molecule has 0 aromatic heterocycles. The molecule has 0 saturated heterocycles. The monoisotopic (exact) mass is 210 g/mol. The van der Waals surface area contributed by atoms with Gasteiger partial charge in [-0.3, -0.25) is 0 Å². The third kappa shape index (κ3) is 2.53. The van der Waals surface area contributed by atoms with Crippen LogP contribution in [0.4, 0.5) is 0 Å². The Bertz CT molecular complexity index is 121. The summed E-state index contributed by atoms with van der Waals surface area (Å²) in [6.07, 6.45) is 3.51. The van der Waals surface area contributed by atoms with Crippen molar-refractivity contribution in [3.05, 3.63) is 0 Å². The van der Waals surface area contributed by atoms with Gasteiger partial charge in [0.25, 0.3) is 0 Å². The molecule has 0 N–H and O–H groups in total. The molecule has 0 bridgehead atoms. The van der Waals surface area contributed by atoms with Crippen LogP contribution in [0, 0.1) is 11.8 Å². The summed E-state index contributed by atoms with van der Waals surface area (Å²) < 4.78 is -0.370. The summed E-state index contributed by atoms with van der Waals surface area (Å²) >= 11 is 12.0. The largest absolute Gasteiger partial charge is 0.124 e. The smallest absolute Gasteiger partial charge is 0.101 e. The summed E-state index contributed by atoms with van der Waals surface area (Å²) in [6.45, 7) is 8.33. The van der Waals surface area contributed by atoms with Crippen molar-refractivity contribution in [1.29, 1.82) is 0 Å². The van der Waals surface area contributed by atoms with E-state index >= 15 is 0 Å². The summed E-state index contributed by atoms with van der Waals surface area (Å²) in [7, 11) is 0. The molecule has 0 radical (unpaired) electrons. The molecule has 2 unspecified atom stereocenters. The molecule has 1 saturated carbocycles. The maximum Gasteiger partial charge on any atom is 0.124 e. The van der Waals surface area contributed by atoms with Gasteiger partial charge in [-0.25, -0.2) is 0 Å². The Hall–Kier alpha value is 0.580. The molecular weight excluding hydrogens is 191 g/mol. The zero-order valence-electron chi connectivity index (χ0n) is 8.53. The van der Waals surface area contributed by atoms with Crippen molar-refractivity contribution in [3.8, 4) is 0 Å². The van der Waals surface area contributed by atoms with Crippen LogP contribution < -0.4 is 0 Å². The quantitative estimate of drug-likeness (QED) is 0.596. The van der Waals surface area contributed by atoms with E-state index in [2.05, 4.69) is 13.8 Å². The summed E-state index contributed by atoms with van der Waals surface area (Å²) in [5.74, 6) is 1.14. The van der Waals surface area contributed by atoms with Gasteiger partial charge in [-0.15, -0.1) is 23.2 Å². The molecule has 1 fully saturated rings. The van der Waals surface area contributed by atoms with Gasteiger partial charge in [0.15, 0.2) is 0 Å². The van der Waals surface area contributed by atoms with E-state index in [1.54, 1.807) is 0 Å². The van der Waals surface area contributed by atoms with Crippen molar-refractivity contribution in [2.24, 2.45) is 11.8 Å². The second-order valence-electron chi connectivity index (χ2n) is 3.08. The van der Waals surface area contributed by atoms with E-state index in [0.29, 0.717) is 11.8 Å². The highest BCUT2D eigenvalue weighted by molar-refractivity contribution is 6.51. The molecule has 0 nitrogen and oxygen atoms in total. The second-order valence-corrected chi connectivity index (χ2v) is 4.53. The lowest BCUT2D eigenvalue weighted by Gasteiger charge is -1.93. The van der Waals surface area contributed by atoms with Crippen LogP contribution in [0.3, 0.4) is 0 Å². The minimum absolute atomic E-state index is 0.370. The van der Waals surface area contributed by atoms with Gasteiger partial charge in [0.1, 0.15) is 4.33 Å². The summed E-state index contributed by atoms with van der Waals surface area (Å²) in [6, 6.07) is 0. The summed E-state index contributed by atoms with van der Waals surface area (Å²) in [4.78, 5) is 0. The highest BCUT2D eigenvalue weighted by Crippen LogP contribution is 2.62. The molecule has 0 amide bonds. The van der Waals surface area contributed by atoms with Gasteiger partial charge in [0.05, 0.1) is 0 Å². The van der Waals surface area contributed by atoms with Crippen molar-refractivity contribution >= 4 is 23.2 Å². The van der Waals surface area contributed by atoms with E-state index in [1.807, 2.05) is 13.8 Å². The first-order valence-electron chi connectivity index (χ1n) is 5.02. The topological polar surface area (TPSA) is 0 Å². The molecule has 0 aromatic rings. The SMILES string of the molecule is CC.CCCC1C(CC)C1(Cl)Cl. The molecule has 74 valence electrons. The molecule has 0 heterocycles. The fourth-order valence-electron chi connectivity index (χ4n) is 1.72. The van der Waals surface area contributed by atoms with Gasteiger partial charge < -0.3 is 0 Å². The number of rotatable bonds is 3. The first-order chi connectivity index (χ1) is 5.64. The summed E-state index contributed by atoms with van der Waals surface area (Å²) in [5.41, 5.74) is 0. The van der Waals surface area contributed by atoms with Crippen LogP contribution in [0.1, 0.15) is 47.0 Å². The Morgan fingerprint density at radius 2 is 1.58 bits per heavy atom. The Balaban J connectivity index is 0.000000561. The molecule has 2 atom stereocenters. The minimum Gasteiger partial charge on any atom is -0.101 e. The molecular formula is C10H20Cl2. The lowest BCUT2D eigenvalue weighted by Crippen LogP contribution is -1.89. The average Bonchev–Trinajstić information content (AvgIpc) is 2.58. The highest BCUT2D eigenvalue weighted by atomic mass is 35.5. The van der Waals surface area contributed by atoms with E-state index < -0.39 is 0 Å². The Labute approximate surface area is 86.6 Å². The van der Waals surface area contributed by atoms with Crippen LogP contribution in [0.25, 0.3) is 0 Å². The zero-order valence-corrected chi connectivity index (χ0v) is 10.0. The molecule has 1 aliphatic carbocycles. The fraction of sp³-hybridized carbons (Fsp3) is 1.00. The van der Waals surface area contributed by atoms with Gasteiger partial charge in [-0.1, -0.05) is 40.5 Å². The fourth-order valence-corrected chi connectivity index (χ4v) is 2.73. The van der Waals surface area contributed by atoms with Crippen LogP contribution in [0.5, 0.6) is 0 Å². The van der Waals surface area contributed by atoms with E-state index in [4.69, 9.17) is 23.2 Å². The van der Waals surface area contributed by atoms with Gasteiger partial charge in [-0.2, -0.15) is 0 Å². The van der Waals surface area contributed by atoms with E-state index in [-0.39, 0.29) is 4.33 Å². The van der Waals surface area contributed by atoms with Gasteiger partial charge >= 0.3 is 0 Å². The molecule has 1 aliphatic rings. The average molecular weight is 211 g/mol. The molecule has 1 rings (SSSR count). The first-order valence-corrected chi connectivity index (χ1v) is 5.78. The zero-order chi connectivity index (χ0) is 9.78. The van der Waals surface area contributed by atoms with Gasteiger partial charge in [-0.05, 0) is 18.3 Å². The molecule has 0 aromatic carbocycles.